The van der Waals surface area contributed by atoms with Gasteiger partial charge in [0, 0.05) is 12.6 Å². The molecule has 176 valence electrons. The van der Waals surface area contributed by atoms with Gasteiger partial charge in [-0.05, 0) is 64.3 Å². The molecule has 0 bridgehead atoms. The first-order valence-corrected chi connectivity index (χ1v) is 11.7. The van der Waals surface area contributed by atoms with Crippen molar-refractivity contribution in [3.05, 3.63) is 35.5 Å². The third-order valence-electron chi connectivity index (χ3n) is 5.90. The predicted molar refractivity (Wildman–Crippen MR) is 127 cm³/mol. The second-order valence-electron chi connectivity index (χ2n) is 9.27. The van der Waals surface area contributed by atoms with E-state index in [9.17, 15) is 14.7 Å². The number of hydrogen-bond donors (Lipinski definition) is 2. The molecule has 2 amide bonds. The van der Waals surface area contributed by atoms with E-state index in [1.165, 1.54) is 11.3 Å². The molecule has 33 heavy (non-hydrogen) atoms. The quantitative estimate of drug-likeness (QED) is 0.590. The van der Waals surface area contributed by atoms with Crippen LogP contribution in [0, 0.1) is 0 Å². The third-order valence-corrected chi connectivity index (χ3v) is 6.86. The number of carbonyl (C=O) groups excluding carboxylic acids is 2. The Morgan fingerprint density at radius 2 is 1.94 bits per heavy atom. The van der Waals surface area contributed by atoms with Gasteiger partial charge >= 0.3 is 0 Å². The van der Waals surface area contributed by atoms with Crippen LogP contribution in [0.25, 0.3) is 10.3 Å². The van der Waals surface area contributed by atoms with Gasteiger partial charge in [0.25, 0.3) is 11.8 Å². The maximum Gasteiger partial charge on any atom is 0.276 e. The molecule has 1 fully saturated rings. The number of ether oxygens (including phenoxy) is 1. The van der Waals surface area contributed by atoms with Crippen molar-refractivity contribution in [2.45, 2.75) is 57.7 Å². The molecule has 0 unspecified atom stereocenters. The second kappa shape index (κ2) is 8.75. The van der Waals surface area contributed by atoms with E-state index >= 15 is 0 Å². The van der Waals surface area contributed by atoms with Crippen LogP contribution < -0.4 is 10.1 Å². The van der Waals surface area contributed by atoms with Gasteiger partial charge in [-0.1, -0.05) is 11.3 Å². The highest BCUT2D eigenvalue weighted by Crippen LogP contribution is 2.34. The number of nitrogens with one attached hydrogen (secondary N) is 1. The van der Waals surface area contributed by atoms with E-state index in [1.54, 1.807) is 48.0 Å². The number of likely N-dealkylation sites (N-methyl/N-ethyl adjacent to an activating group) is 1. The molecule has 0 spiro atoms. The molecule has 2 aromatic heterocycles. The molecular weight excluding hydrogens is 442 g/mol. The van der Waals surface area contributed by atoms with Crippen molar-refractivity contribution in [3.8, 4) is 5.75 Å². The standard InChI is InChI=1S/C23H29N5O4S/c1-23(2,3)28-19-18(17(26-28)21(31)27(4)15-7-6-8-16(15)29)33-22(24-19)25-20(30)13-9-11-14(32-5)12-10-13/h9-12,15-16,29H,6-8H2,1-5H3,(H,24,25,30)/t15-,16-/m1/s1. The van der Waals surface area contributed by atoms with E-state index in [0.29, 0.717) is 33.2 Å². The lowest BCUT2D eigenvalue weighted by Gasteiger charge is -2.26. The van der Waals surface area contributed by atoms with E-state index in [-0.39, 0.29) is 23.6 Å². The van der Waals surface area contributed by atoms with Gasteiger partial charge in [-0.3, -0.25) is 14.9 Å². The number of benzene rings is 1. The minimum atomic E-state index is -0.528. The van der Waals surface area contributed by atoms with Crippen molar-refractivity contribution < 1.29 is 19.4 Å². The minimum Gasteiger partial charge on any atom is -0.497 e. The smallest absolute Gasteiger partial charge is 0.276 e. The van der Waals surface area contributed by atoms with Gasteiger partial charge < -0.3 is 14.7 Å². The summed E-state index contributed by atoms with van der Waals surface area (Å²) in [5.41, 5.74) is 0.872. The lowest BCUT2D eigenvalue weighted by molar-refractivity contribution is 0.0534. The Hall–Kier alpha value is -2.98. The molecule has 2 N–H and O–H groups in total. The molecule has 1 aromatic carbocycles. The summed E-state index contributed by atoms with van der Waals surface area (Å²) < 4.78 is 7.46. The largest absolute Gasteiger partial charge is 0.497 e. The molecule has 10 heteroatoms. The van der Waals surface area contributed by atoms with Crippen molar-refractivity contribution in [2.24, 2.45) is 0 Å². The van der Waals surface area contributed by atoms with E-state index in [1.807, 2.05) is 20.8 Å². The number of thiazole rings is 1. The Morgan fingerprint density at radius 3 is 2.52 bits per heavy atom. The number of aromatic nitrogens is 3. The maximum absolute atomic E-state index is 13.4. The monoisotopic (exact) mass is 471 g/mol. The molecule has 0 radical (unpaired) electrons. The van der Waals surface area contributed by atoms with Gasteiger partial charge in [-0.2, -0.15) is 10.1 Å². The van der Waals surface area contributed by atoms with Crippen LogP contribution in [0.15, 0.2) is 24.3 Å². The summed E-state index contributed by atoms with van der Waals surface area (Å²) in [6.45, 7) is 5.94. The number of amides is 2. The molecule has 2 heterocycles. The van der Waals surface area contributed by atoms with Crippen molar-refractivity contribution in [1.29, 1.82) is 0 Å². The van der Waals surface area contributed by atoms with Crippen LogP contribution >= 0.6 is 11.3 Å². The summed E-state index contributed by atoms with van der Waals surface area (Å²) in [6.07, 6.45) is 1.81. The zero-order valence-corrected chi connectivity index (χ0v) is 20.3. The van der Waals surface area contributed by atoms with Crippen molar-refractivity contribution in [3.63, 3.8) is 0 Å². The number of hydrogen-bond acceptors (Lipinski definition) is 7. The molecule has 9 nitrogen and oxygen atoms in total. The number of aliphatic hydroxyl groups is 1. The fourth-order valence-electron chi connectivity index (χ4n) is 4.07. The fraction of sp³-hybridized carbons (Fsp3) is 0.478. The first-order chi connectivity index (χ1) is 15.6. The van der Waals surface area contributed by atoms with Gasteiger partial charge in [0.15, 0.2) is 16.5 Å². The summed E-state index contributed by atoms with van der Waals surface area (Å²) in [7, 11) is 3.27. The van der Waals surface area contributed by atoms with Crippen molar-refractivity contribution in [1.82, 2.24) is 19.7 Å². The zero-order chi connectivity index (χ0) is 23.9. The molecule has 1 aliphatic carbocycles. The van der Waals surface area contributed by atoms with Crippen LogP contribution in [0.3, 0.4) is 0 Å². The number of anilines is 1. The SMILES string of the molecule is COc1ccc(C(=O)Nc2nc3c(s2)c(C(=O)N(C)[C@@H]2CCC[C@H]2O)nn3C(C)(C)C)cc1. The molecule has 4 rings (SSSR count). The van der Waals surface area contributed by atoms with Crippen LogP contribution in [-0.4, -0.2) is 62.9 Å². The van der Waals surface area contributed by atoms with E-state index in [2.05, 4.69) is 15.4 Å². The van der Waals surface area contributed by atoms with Crippen molar-refractivity contribution >= 4 is 38.6 Å². The average Bonchev–Trinajstić information content (AvgIpc) is 3.47. The topological polar surface area (TPSA) is 110 Å². The Kier molecular flexibility index (Phi) is 6.15. The molecule has 0 aliphatic heterocycles. The molecule has 1 aliphatic rings. The van der Waals surface area contributed by atoms with Crippen molar-refractivity contribution in [2.75, 3.05) is 19.5 Å². The number of fused-ring (bicyclic) bond motifs is 1. The number of nitrogens with zero attached hydrogens (tertiary/aromatic N) is 4. The van der Waals surface area contributed by atoms with Crippen LogP contribution in [0.2, 0.25) is 0 Å². The number of carbonyl (C=O) groups is 2. The predicted octanol–water partition coefficient (Wildman–Crippen LogP) is 3.49. The fourth-order valence-corrected chi connectivity index (χ4v) is 4.98. The number of aliphatic hydroxyl groups excluding tert-OH is 1. The van der Waals surface area contributed by atoms with Crippen LogP contribution in [0.4, 0.5) is 5.13 Å². The molecule has 1 saturated carbocycles. The molecule has 3 aromatic rings. The first kappa shape index (κ1) is 23.2. The Bertz CT molecular complexity index is 1180. The highest BCUT2D eigenvalue weighted by Gasteiger charge is 2.35. The Labute approximate surface area is 196 Å². The van der Waals surface area contributed by atoms with Gasteiger partial charge in [-0.25, -0.2) is 4.68 Å². The Morgan fingerprint density at radius 1 is 1.24 bits per heavy atom. The normalized spacial score (nSPS) is 18.5. The number of methoxy groups -OCH3 is 1. The number of rotatable bonds is 5. The van der Waals surface area contributed by atoms with Gasteiger partial charge in [0.1, 0.15) is 10.4 Å². The zero-order valence-electron chi connectivity index (χ0n) is 19.5. The summed E-state index contributed by atoms with van der Waals surface area (Å²) in [5.74, 6) is 0.102. The van der Waals surface area contributed by atoms with Gasteiger partial charge in [0.2, 0.25) is 0 Å². The Balaban J connectivity index is 1.67. The van der Waals surface area contributed by atoms with Crippen LogP contribution in [0.5, 0.6) is 5.75 Å². The first-order valence-electron chi connectivity index (χ1n) is 10.9. The van der Waals surface area contributed by atoms with Gasteiger partial charge in [0.05, 0.1) is 24.8 Å². The molecule has 2 atom stereocenters. The summed E-state index contributed by atoms with van der Waals surface area (Å²) >= 11 is 1.22. The third kappa shape index (κ3) is 4.45. The highest BCUT2D eigenvalue weighted by molar-refractivity contribution is 7.22. The summed E-state index contributed by atoms with van der Waals surface area (Å²) in [5, 5.41) is 18.1. The second-order valence-corrected chi connectivity index (χ2v) is 10.3. The lowest BCUT2D eigenvalue weighted by Crippen LogP contribution is -2.42. The van der Waals surface area contributed by atoms with Crippen LogP contribution in [-0.2, 0) is 5.54 Å². The maximum atomic E-state index is 13.4. The molecular formula is C23H29N5O4S. The van der Waals surface area contributed by atoms with E-state index in [4.69, 9.17) is 4.74 Å². The summed E-state index contributed by atoms with van der Waals surface area (Å²) in [4.78, 5) is 32.3. The van der Waals surface area contributed by atoms with Crippen LogP contribution in [0.1, 0.15) is 60.9 Å². The molecule has 0 saturated heterocycles. The van der Waals surface area contributed by atoms with E-state index < -0.39 is 11.6 Å². The van der Waals surface area contributed by atoms with Gasteiger partial charge in [-0.15, -0.1) is 0 Å². The highest BCUT2D eigenvalue weighted by atomic mass is 32.1. The lowest BCUT2D eigenvalue weighted by atomic mass is 10.1. The minimum absolute atomic E-state index is 0.227. The summed E-state index contributed by atoms with van der Waals surface area (Å²) in [6, 6.07) is 6.56. The average molecular weight is 472 g/mol. The van der Waals surface area contributed by atoms with E-state index in [0.717, 1.165) is 12.8 Å².